The van der Waals surface area contributed by atoms with Gasteiger partial charge >= 0.3 is 0 Å². The third kappa shape index (κ3) is 2.38. The van der Waals surface area contributed by atoms with Gasteiger partial charge in [0.05, 0.1) is 14.2 Å². The van der Waals surface area contributed by atoms with E-state index in [0.29, 0.717) is 22.6 Å². The van der Waals surface area contributed by atoms with E-state index in [4.69, 9.17) is 9.47 Å². The molecule has 17 heavy (non-hydrogen) atoms. The maximum Gasteiger partial charge on any atom is 0.138 e. The van der Waals surface area contributed by atoms with Gasteiger partial charge in [0, 0.05) is 17.7 Å². The van der Waals surface area contributed by atoms with Gasteiger partial charge in [-0.25, -0.2) is 4.39 Å². The number of ether oxygens (including phenoxy) is 2. The summed E-state index contributed by atoms with van der Waals surface area (Å²) in [5.74, 6) is 0.869. The third-order valence-corrected chi connectivity index (χ3v) is 2.47. The van der Waals surface area contributed by atoms with Gasteiger partial charge < -0.3 is 9.47 Å². The normalized spacial score (nSPS) is 10.1. The zero-order valence-electron chi connectivity index (χ0n) is 9.66. The van der Waals surface area contributed by atoms with E-state index >= 15 is 0 Å². The molecule has 0 aliphatic rings. The monoisotopic (exact) mass is 231 g/mol. The molecule has 0 heterocycles. The zero-order valence-corrected chi connectivity index (χ0v) is 9.66. The summed E-state index contributed by atoms with van der Waals surface area (Å²) in [6, 6.07) is 12.8. The number of halogens is 1. The standard InChI is InChI=1S/C14H12FO2/c1-16-11-7-10(8-12(9-11)17-2)13-5-3-4-6-14(13)15/h3-5,7-9H,1-2H3. The van der Waals surface area contributed by atoms with Gasteiger partial charge in [0.15, 0.2) is 0 Å². The van der Waals surface area contributed by atoms with Crippen molar-refractivity contribution >= 4 is 0 Å². The van der Waals surface area contributed by atoms with Crippen LogP contribution in [0.3, 0.4) is 0 Å². The number of rotatable bonds is 3. The molecule has 2 aromatic rings. The summed E-state index contributed by atoms with van der Waals surface area (Å²) < 4.78 is 23.9. The first-order valence-corrected chi connectivity index (χ1v) is 5.14. The molecule has 0 saturated carbocycles. The molecule has 0 aliphatic heterocycles. The molecule has 0 saturated heterocycles. The second kappa shape index (κ2) is 4.87. The molecule has 2 rings (SSSR count). The Labute approximate surface area is 99.6 Å². The lowest BCUT2D eigenvalue weighted by atomic mass is 10.0. The first kappa shape index (κ1) is 11.5. The van der Waals surface area contributed by atoms with Crippen molar-refractivity contribution in [2.24, 2.45) is 0 Å². The predicted octanol–water partition coefficient (Wildman–Crippen LogP) is 3.31. The van der Waals surface area contributed by atoms with E-state index in [1.165, 1.54) is 6.07 Å². The Balaban J connectivity index is 2.55. The molecule has 1 radical (unpaired) electrons. The van der Waals surface area contributed by atoms with E-state index in [1.807, 2.05) is 0 Å². The van der Waals surface area contributed by atoms with Crippen molar-refractivity contribution in [3.05, 3.63) is 48.3 Å². The van der Waals surface area contributed by atoms with Crippen LogP contribution in [0.2, 0.25) is 0 Å². The summed E-state index contributed by atoms with van der Waals surface area (Å²) in [7, 11) is 3.12. The highest BCUT2D eigenvalue weighted by atomic mass is 19.1. The van der Waals surface area contributed by atoms with E-state index < -0.39 is 0 Å². The maximum atomic E-state index is 13.6. The number of benzene rings is 2. The molecular formula is C14H12FO2. The summed E-state index contributed by atoms with van der Waals surface area (Å²) in [6.45, 7) is 0. The molecule has 2 aromatic carbocycles. The van der Waals surface area contributed by atoms with Crippen molar-refractivity contribution in [2.75, 3.05) is 14.2 Å². The SMILES string of the molecule is COc1cc(OC)cc(-c2ccc[c]c2F)c1. The van der Waals surface area contributed by atoms with Gasteiger partial charge in [0.1, 0.15) is 17.3 Å². The summed E-state index contributed by atoms with van der Waals surface area (Å²) in [6.07, 6.45) is 0. The van der Waals surface area contributed by atoms with Crippen LogP contribution in [0.15, 0.2) is 36.4 Å². The number of hydrogen-bond donors (Lipinski definition) is 0. The average Bonchev–Trinajstić information content (AvgIpc) is 2.38. The molecule has 0 amide bonds. The van der Waals surface area contributed by atoms with E-state index in [9.17, 15) is 4.39 Å². The summed E-state index contributed by atoms with van der Waals surface area (Å²) in [5, 5.41) is 0. The third-order valence-electron chi connectivity index (χ3n) is 2.47. The Morgan fingerprint density at radius 3 is 2.24 bits per heavy atom. The van der Waals surface area contributed by atoms with Crippen LogP contribution in [-0.4, -0.2) is 14.2 Å². The van der Waals surface area contributed by atoms with Crippen molar-refractivity contribution in [3.63, 3.8) is 0 Å². The fourth-order valence-electron chi connectivity index (χ4n) is 1.60. The highest BCUT2D eigenvalue weighted by Crippen LogP contribution is 2.30. The average molecular weight is 231 g/mol. The van der Waals surface area contributed by atoms with E-state index in [2.05, 4.69) is 6.07 Å². The van der Waals surface area contributed by atoms with Crippen LogP contribution in [0, 0.1) is 11.9 Å². The van der Waals surface area contributed by atoms with Crippen LogP contribution in [0.1, 0.15) is 0 Å². The minimum atomic E-state index is -0.386. The smallest absolute Gasteiger partial charge is 0.138 e. The highest BCUT2D eigenvalue weighted by molar-refractivity contribution is 5.67. The Bertz CT molecular complexity index is 501. The second-order valence-electron chi connectivity index (χ2n) is 3.50. The fraction of sp³-hybridized carbons (Fsp3) is 0.143. The Hall–Kier alpha value is -2.03. The van der Waals surface area contributed by atoms with Crippen molar-refractivity contribution in [1.82, 2.24) is 0 Å². The molecule has 87 valence electrons. The van der Waals surface area contributed by atoms with Crippen LogP contribution in [0.4, 0.5) is 4.39 Å². The first-order chi connectivity index (χ1) is 8.24. The molecular weight excluding hydrogens is 219 g/mol. The molecule has 0 atom stereocenters. The lowest BCUT2D eigenvalue weighted by molar-refractivity contribution is 0.394. The summed E-state index contributed by atoms with van der Waals surface area (Å²) in [4.78, 5) is 0. The van der Waals surface area contributed by atoms with Crippen LogP contribution in [0.25, 0.3) is 11.1 Å². The van der Waals surface area contributed by atoms with E-state index in [1.54, 1.807) is 44.6 Å². The van der Waals surface area contributed by atoms with Crippen molar-refractivity contribution in [2.45, 2.75) is 0 Å². The lowest BCUT2D eigenvalue weighted by Crippen LogP contribution is -1.90. The number of methoxy groups -OCH3 is 2. The molecule has 2 nitrogen and oxygen atoms in total. The lowest BCUT2D eigenvalue weighted by Gasteiger charge is -2.09. The number of hydrogen-bond acceptors (Lipinski definition) is 2. The van der Waals surface area contributed by atoms with Gasteiger partial charge in [-0.15, -0.1) is 0 Å². The minimum Gasteiger partial charge on any atom is -0.497 e. The van der Waals surface area contributed by atoms with Crippen molar-refractivity contribution in [3.8, 4) is 22.6 Å². The molecule has 0 N–H and O–H groups in total. The molecule has 0 aromatic heterocycles. The topological polar surface area (TPSA) is 18.5 Å². The Kier molecular flexibility index (Phi) is 3.28. The van der Waals surface area contributed by atoms with Gasteiger partial charge in [0.2, 0.25) is 0 Å². The molecule has 0 spiro atoms. The predicted molar refractivity (Wildman–Crippen MR) is 63.8 cm³/mol. The summed E-state index contributed by atoms with van der Waals surface area (Å²) in [5.41, 5.74) is 1.18. The Morgan fingerprint density at radius 2 is 1.71 bits per heavy atom. The fourth-order valence-corrected chi connectivity index (χ4v) is 1.60. The van der Waals surface area contributed by atoms with E-state index in [0.717, 1.165) is 0 Å². The van der Waals surface area contributed by atoms with Crippen LogP contribution in [-0.2, 0) is 0 Å². The zero-order chi connectivity index (χ0) is 12.3. The molecule has 3 heteroatoms. The van der Waals surface area contributed by atoms with Gasteiger partial charge in [-0.05, 0) is 17.7 Å². The highest BCUT2D eigenvalue weighted by Gasteiger charge is 2.07. The molecule has 0 unspecified atom stereocenters. The quantitative estimate of drug-likeness (QED) is 0.806. The van der Waals surface area contributed by atoms with Gasteiger partial charge in [-0.3, -0.25) is 0 Å². The largest absolute Gasteiger partial charge is 0.497 e. The second-order valence-corrected chi connectivity index (χ2v) is 3.50. The van der Waals surface area contributed by atoms with Gasteiger partial charge in [-0.1, -0.05) is 18.2 Å². The minimum absolute atomic E-state index is 0.386. The molecule has 0 aliphatic carbocycles. The maximum absolute atomic E-state index is 13.6. The van der Waals surface area contributed by atoms with Crippen molar-refractivity contribution < 1.29 is 13.9 Å². The van der Waals surface area contributed by atoms with Crippen molar-refractivity contribution in [1.29, 1.82) is 0 Å². The van der Waals surface area contributed by atoms with Gasteiger partial charge in [-0.2, -0.15) is 0 Å². The van der Waals surface area contributed by atoms with Crippen LogP contribution in [0.5, 0.6) is 11.5 Å². The van der Waals surface area contributed by atoms with E-state index in [-0.39, 0.29) is 5.82 Å². The van der Waals surface area contributed by atoms with Gasteiger partial charge in [0.25, 0.3) is 0 Å². The molecule has 0 fully saturated rings. The Morgan fingerprint density at radius 1 is 1.06 bits per heavy atom. The van der Waals surface area contributed by atoms with Crippen LogP contribution < -0.4 is 9.47 Å². The van der Waals surface area contributed by atoms with Crippen LogP contribution >= 0.6 is 0 Å². The first-order valence-electron chi connectivity index (χ1n) is 5.14. The summed E-state index contributed by atoms with van der Waals surface area (Å²) >= 11 is 0. The molecule has 0 bridgehead atoms.